The van der Waals surface area contributed by atoms with E-state index in [2.05, 4.69) is 0 Å². The van der Waals surface area contributed by atoms with E-state index in [1.54, 1.807) is 0 Å². The molecule has 0 spiro atoms. The fraction of sp³-hybridized carbons (Fsp3) is 0. The third-order valence-electron chi connectivity index (χ3n) is 1.54. The van der Waals surface area contributed by atoms with Crippen molar-refractivity contribution in [3.05, 3.63) is 24.3 Å². The first-order valence-corrected chi connectivity index (χ1v) is 6.44. The average Bonchev–Trinajstić information content (AvgIpc) is 2.16. The van der Waals surface area contributed by atoms with E-state index in [9.17, 15) is 16.8 Å². The van der Waals surface area contributed by atoms with Crippen molar-refractivity contribution in [3.8, 4) is 0 Å². The second-order valence-corrected chi connectivity index (χ2v) is 5.54. The highest BCUT2D eigenvalue weighted by atomic mass is 32.2. The first-order chi connectivity index (χ1) is 6.79. The van der Waals surface area contributed by atoms with Crippen LogP contribution in [0.15, 0.2) is 34.1 Å². The zero-order chi connectivity index (χ0) is 11.7. The molecule has 0 fully saturated rings. The van der Waals surface area contributed by atoms with Crippen molar-refractivity contribution in [2.24, 2.45) is 0 Å². The molecule has 0 bridgehead atoms. The SMILES string of the molecule is O=S(=O)(O)c1ccccc1S(=O)(=O)NO. The lowest BCUT2D eigenvalue weighted by Crippen LogP contribution is -2.21. The minimum absolute atomic E-state index is 0.727. The number of rotatable bonds is 3. The van der Waals surface area contributed by atoms with Crippen LogP contribution in [0.25, 0.3) is 0 Å². The molecule has 1 aromatic rings. The highest BCUT2D eigenvalue weighted by Gasteiger charge is 2.23. The van der Waals surface area contributed by atoms with Crippen LogP contribution in [0.4, 0.5) is 0 Å². The van der Waals surface area contributed by atoms with Gasteiger partial charge in [-0.2, -0.15) is 8.42 Å². The molecule has 0 unspecified atom stereocenters. The Kier molecular flexibility index (Phi) is 3.11. The number of sulfonamides is 1. The van der Waals surface area contributed by atoms with Gasteiger partial charge in [0.15, 0.2) is 0 Å². The van der Waals surface area contributed by atoms with E-state index in [4.69, 9.17) is 9.76 Å². The molecule has 0 aliphatic heterocycles. The Morgan fingerprint density at radius 2 is 1.47 bits per heavy atom. The molecule has 0 aliphatic carbocycles. The molecule has 0 saturated carbocycles. The lowest BCUT2D eigenvalue weighted by atomic mass is 10.4. The molecule has 84 valence electrons. The van der Waals surface area contributed by atoms with E-state index in [-0.39, 0.29) is 0 Å². The topological polar surface area (TPSA) is 121 Å². The van der Waals surface area contributed by atoms with Crippen LogP contribution in [0, 0.1) is 0 Å². The first-order valence-electron chi connectivity index (χ1n) is 3.51. The second kappa shape index (κ2) is 3.87. The summed E-state index contributed by atoms with van der Waals surface area (Å²) in [4.78, 5) is -0.560. The number of hydrogen-bond donors (Lipinski definition) is 3. The average molecular weight is 253 g/mol. The van der Waals surface area contributed by atoms with Gasteiger partial charge in [-0.1, -0.05) is 17.0 Å². The second-order valence-electron chi connectivity index (χ2n) is 2.52. The van der Waals surface area contributed by atoms with E-state index in [0.29, 0.717) is 0 Å². The van der Waals surface area contributed by atoms with Crippen LogP contribution >= 0.6 is 0 Å². The molecular weight excluding hydrogens is 246 g/mol. The highest BCUT2D eigenvalue weighted by molar-refractivity contribution is 7.91. The standard InChI is InChI=1S/C6H7NO6S2/c8-7-14(9,10)5-3-1-2-4-6(5)15(11,12)13/h1-4,7-8H,(H,11,12,13). The van der Waals surface area contributed by atoms with Gasteiger partial charge in [0.2, 0.25) is 0 Å². The van der Waals surface area contributed by atoms with Gasteiger partial charge in [-0.3, -0.25) is 4.55 Å². The largest absolute Gasteiger partial charge is 0.302 e. The zero-order valence-corrected chi connectivity index (χ0v) is 8.79. The summed E-state index contributed by atoms with van der Waals surface area (Å²) < 4.78 is 52.6. The molecule has 0 radical (unpaired) electrons. The summed E-state index contributed by atoms with van der Waals surface area (Å²) in [5.41, 5.74) is 0. The molecule has 0 aromatic heterocycles. The Hall–Kier alpha value is -1.00. The van der Waals surface area contributed by atoms with Crippen LogP contribution in [-0.4, -0.2) is 26.6 Å². The molecule has 3 N–H and O–H groups in total. The minimum Gasteiger partial charge on any atom is -0.302 e. The monoisotopic (exact) mass is 253 g/mol. The molecule has 15 heavy (non-hydrogen) atoms. The van der Waals surface area contributed by atoms with Gasteiger partial charge in [0.25, 0.3) is 20.1 Å². The maximum atomic E-state index is 11.1. The van der Waals surface area contributed by atoms with Crippen molar-refractivity contribution in [1.82, 2.24) is 4.89 Å². The van der Waals surface area contributed by atoms with Crippen LogP contribution < -0.4 is 4.89 Å². The maximum Gasteiger partial charge on any atom is 0.295 e. The molecule has 0 saturated heterocycles. The van der Waals surface area contributed by atoms with Crippen molar-refractivity contribution in [2.75, 3.05) is 0 Å². The van der Waals surface area contributed by atoms with Gasteiger partial charge >= 0.3 is 0 Å². The normalized spacial score (nSPS) is 12.7. The van der Waals surface area contributed by atoms with Crippen LogP contribution in [0.3, 0.4) is 0 Å². The fourth-order valence-electron chi connectivity index (χ4n) is 0.934. The Bertz CT molecular complexity index is 561. The lowest BCUT2D eigenvalue weighted by Gasteiger charge is -2.05. The van der Waals surface area contributed by atoms with Crippen LogP contribution in [0.1, 0.15) is 0 Å². The van der Waals surface area contributed by atoms with Crippen molar-refractivity contribution in [3.63, 3.8) is 0 Å². The fourth-order valence-corrected chi connectivity index (χ4v) is 2.84. The van der Waals surface area contributed by atoms with Gasteiger partial charge in [-0.15, -0.1) is 0 Å². The summed E-state index contributed by atoms with van der Waals surface area (Å²) in [5, 5.41) is 8.32. The van der Waals surface area contributed by atoms with Crippen molar-refractivity contribution >= 4 is 20.1 Å². The highest BCUT2D eigenvalue weighted by Crippen LogP contribution is 2.19. The summed E-state index contributed by atoms with van der Waals surface area (Å²) >= 11 is 0. The zero-order valence-electron chi connectivity index (χ0n) is 7.15. The predicted octanol–water partition coefficient (Wildman–Crippen LogP) is -0.399. The molecule has 7 nitrogen and oxygen atoms in total. The van der Waals surface area contributed by atoms with Crippen molar-refractivity contribution in [1.29, 1.82) is 0 Å². The molecule has 1 aromatic carbocycles. The smallest absolute Gasteiger partial charge is 0.295 e. The van der Waals surface area contributed by atoms with Crippen molar-refractivity contribution in [2.45, 2.75) is 9.79 Å². The number of hydrogen-bond acceptors (Lipinski definition) is 5. The Balaban J connectivity index is 3.59. The Morgan fingerprint density at radius 1 is 1.00 bits per heavy atom. The van der Waals surface area contributed by atoms with Gasteiger partial charge in [0.05, 0.1) is 0 Å². The molecule has 1 rings (SSSR count). The van der Waals surface area contributed by atoms with E-state index < -0.39 is 29.9 Å². The summed E-state index contributed by atoms with van der Waals surface area (Å²) in [6, 6.07) is 4.32. The quantitative estimate of drug-likeness (QED) is 0.498. The van der Waals surface area contributed by atoms with Crippen molar-refractivity contribution < 1.29 is 26.6 Å². The third-order valence-corrected chi connectivity index (χ3v) is 3.75. The van der Waals surface area contributed by atoms with E-state index in [0.717, 1.165) is 17.0 Å². The lowest BCUT2D eigenvalue weighted by molar-refractivity contribution is 0.242. The third kappa shape index (κ3) is 2.52. The van der Waals surface area contributed by atoms with Gasteiger partial charge in [-0.25, -0.2) is 8.42 Å². The maximum absolute atomic E-state index is 11.1. The van der Waals surface area contributed by atoms with E-state index in [1.165, 1.54) is 12.1 Å². The van der Waals surface area contributed by atoms with Gasteiger partial charge in [-0.05, 0) is 12.1 Å². The molecule has 0 aliphatic rings. The summed E-state index contributed by atoms with van der Waals surface area (Å²) in [5.74, 6) is 0. The van der Waals surface area contributed by atoms with Gasteiger partial charge in [0.1, 0.15) is 9.79 Å². The molecule has 9 heteroatoms. The Morgan fingerprint density at radius 3 is 1.87 bits per heavy atom. The minimum atomic E-state index is -4.66. The molecule has 0 atom stereocenters. The molecule has 0 heterocycles. The molecular formula is C6H7NO6S2. The van der Waals surface area contributed by atoms with Gasteiger partial charge < -0.3 is 5.21 Å². The first kappa shape index (κ1) is 12.1. The van der Waals surface area contributed by atoms with E-state index in [1.807, 2.05) is 0 Å². The Labute approximate surface area is 86.1 Å². The summed E-state index contributed by atoms with van der Waals surface area (Å²) in [6.45, 7) is 0. The van der Waals surface area contributed by atoms with Crippen LogP contribution in [0.5, 0.6) is 0 Å². The number of nitrogens with one attached hydrogen (secondary N) is 1. The number of benzene rings is 1. The summed E-state index contributed by atoms with van der Waals surface area (Å²) in [6.07, 6.45) is 0. The molecule has 0 amide bonds. The van der Waals surface area contributed by atoms with Crippen LogP contribution in [0.2, 0.25) is 0 Å². The van der Waals surface area contributed by atoms with Gasteiger partial charge in [0, 0.05) is 0 Å². The van der Waals surface area contributed by atoms with Crippen LogP contribution in [-0.2, 0) is 20.1 Å². The summed E-state index contributed by atoms with van der Waals surface area (Å²) in [7, 11) is -9.00. The van der Waals surface area contributed by atoms with E-state index >= 15 is 0 Å². The predicted molar refractivity (Wildman–Crippen MR) is 48.4 cm³/mol.